The van der Waals surface area contributed by atoms with Gasteiger partial charge in [-0.2, -0.15) is 0 Å². The van der Waals surface area contributed by atoms with E-state index in [-0.39, 0.29) is 6.42 Å². The summed E-state index contributed by atoms with van der Waals surface area (Å²) in [6.07, 6.45) is 23.2. The van der Waals surface area contributed by atoms with Gasteiger partial charge < -0.3 is 20.6 Å². The molecule has 0 aliphatic heterocycles. The van der Waals surface area contributed by atoms with Crippen LogP contribution in [0.4, 0.5) is 0 Å². The van der Waals surface area contributed by atoms with Crippen LogP contribution in [0.2, 0.25) is 0 Å². The summed E-state index contributed by atoms with van der Waals surface area (Å²) in [5.74, 6) is -2.95. The summed E-state index contributed by atoms with van der Waals surface area (Å²) < 4.78 is 0. The Morgan fingerprint density at radius 1 is 0.600 bits per heavy atom. The minimum atomic E-state index is -1.34. The minimum Gasteiger partial charge on any atom is -0.481 e. The van der Waals surface area contributed by atoms with Crippen molar-refractivity contribution in [3.8, 4) is 0 Å². The van der Waals surface area contributed by atoms with Crippen molar-refractivity contribution >= 4 is 17.8 Å². The Morgan fingerprint density at radius 2 is 0.971 bits per heavy atom. The summed E-state index contributed by atoms with van der Waals surface area (Å²) in [5.41, 5.74) is 0. The molecule has 1 amide bonds. The van der Waals surface area contributed by atoms with E-state index >= 15 is 0 Å². The number of nitrogens with one attached hydrogen (secondary N) is 1. The summed E-state index contributed by atoms with van der Waals surface area (Å²) in [6, 6.07) is -1.34. The van der Waals surface area contributed by atoms with Gasteiger partial charge in [-0.05, 0) is 12.8 Å². The number of unbranched alkanes of at least 4 members (excludes halogenated alkanes) is 17. The molecule has 0 spiro atoms. The lowest BCUT2D eigenvalue weighted by molar-refractivity contribution is -0.147. The van der Waals surface area contributed by atoms with Gasteiger partial charge in [0, 0.05) is 13.0 Å². The van der Waals surface area contributed by atoms with E-state index in [4.69, 9.17) is 15.3 Å². The Bertz CT molecular complexity index is 488. The van der Waals surface area contributed by atoms with Crippen LogP contribution in [0.1, 0.15) is 149 Å². The molecular formula is C28H55NO6. The number of hydrogen-bond donors (Lipinski definition) is 4. The van der Waals surface area contributed by atoms with Crippen molar-refractivity contribution in [1.82, 2.24) is 5.32 Å². The number of carboxylic acids is 2. The smallest absolute Gasteiger partial charge is 0.326 e. The highest BCUT2D eigenvalue weighted by molar-refractivity contribution is 5.86. The largest absolute Gasteiger partial charge is 0.481 e. The fraction of sp³-hybridized carbons (Fsp3) is 0.893. The Labute approximate surface area is 214 Å². The number of amides is 1. The SMILES string of the molecule is CCCCCCCCCCCC(=O)N[C@@H](CC(=O)O)C(=O)O.CCCCCCCCCCCCO. The van der Waals surface area contributed by atoms with Crippen LogP contribution in [-0.2, 0) is 14.4 Å². The zero-order valence-corrected chi connectivity index (χ0v) is 22.7. The quantitative estimate of drug-likeness (QED) is 0.107. The first-order valence-electron chi connectivity index (χ1n) is 14.2. The average molecular weight is 502 g/mol. The van der Waals surface area contributed by atoms with Crippen LogP contribution >= 0.6 is 0 Å². The van der Waals surface area contributed by atoms with E-state index in [0.29, 0.717) is 13.0 Å². The van der Waals surface area contributed by atoms with Crippen LogP contribution in [0.3, 0.4) is 0 Å². The molecular weight excluding hydrogens is 446 g/mol. The molecule has 35 heavy (non-hydrogen) atoms. The standard InChI is InChI=1S/C16H29NO5.C12H26O/c1-2-3-4-5-6-7-8-9-10-11-14(18)17-13(16(21)22)12-15(19)20;1-2-3-4-5-6-7-8-9-10-11-12-13/h13H,2-12H2,1H3,(H,17,18)(H,19,20)(H,21,22);13H,2-12H2,1H3/t13-;/m0./s1. The molecule has 208 valence electrons. The third-order valence-electron chi connectivity index (χ3n) is 6.03. The van der Waals surface area contributed by atoms with Crippen molar-refractivity contribution in [2.75, 3.05) is 6.61 Å². The van der Waals surface area contributed by atoms with Gasteiger partial charge >= 0.3 is 11.9 Å². The molecule has 7 nitrogen and oxygen atoms in total. The lowest BCUT2D eigenvalue weighted by Gasteiger charge is -2.12. The van der Waals surface area contributed by atoms with Crippen LogP contribution in [-0.4, -0.2) is 45.8 Å². The Morgan fingerprint density at radius 3 is 1.31 bits per heavy atom. The molecule has 0 bridgehead atoms. The summed E-state index contributed by atoms with van der Waals surface area (Å²) in [7, 11) is 0. The van der Waals surface area contributed by atoms with Crippen molar-refractivity contribution in [2.24, 2.45) is 0 Å². The number of aliphatic carboxylic acids is 2. The molecule has 4 N–H and O–H groups in total. The van der Waals surface area contributed by atoms with Crippen molar-refractivity contribution in [2.45, 2.75) is 155 Å². The molecule has 0 unspecified atom stereocenters. The van der Waals surface area contributed by atoms with Gasteiger partial charge in [0.15, 0.2) is 0 Å². The van der Waals surface area contributed by atoms with E-state index in [1.165, 1.54) is 96.3 Å². The highest BCUT2D eigenvalue weighted by Crippen LogP contribution is 2.11. The molecule has 1 atom stereocenters. The molecule has 0 aromatic heterocycles. The lowest BCUT2D eigenvalue weighted by atomic mass is 10.1. The fourth-order valence-corrected chi connectivity index (χ4v) is 3.84. The molecule has 0 radical (unpaired) electrons. The van der Waals surface area contributed by atoms with E-state index in [1.807, 2.05) is 0 Å². The molecule has 7 heteroatoms. The lowest BCUT2D eigenvalue weighted by Crippen LogP contribution is -2.42. The predicted octanol–water partition coefficient (Wildman–Crippen LogP) is 6.85. The molecule has 0 saturated carbocycles. The monoisotopic (exact) mass is 501 g/mol. The van der Waals surface area contributed by atoms with Gasteiger partial charge in [0.2, 0.25) is 5.91 Å². The second-order valence-electron chi connectivity index (χ2n) is 9.54. The maximum Gasteiger partial charge on any atom is 0.326 e. The van der Waals surface area contributed by atoms with E-state index in [0.717, 1.165) is 19.3 Å². The van der Waals surface area contributed by atoms with Gasteiger partial charge in [-0.1, -0.05) is 123 Å². The molecule has 0 heterocycles. The zero-order valence-electron chi connectivity index (χ0n) is 22.7. The van der Waals surface area contributed by atoms with Crippen LogP contribution in [0.15, 0.2) is 0 Å². The molecule has 0 aliphatic carbocycles. The van der Waals surface area contributed by atoms with E-state index < -0.39 is 30.3 Å². The second-order valence-corrected chi connectivity index (χ2v) is 9.54. The molecule has 0 aromatic rings. The third-order valence-corrected chi connectivity index (χ3v) is 6.03. The first-order chi connectivity index (χ1) is 16.9. The summed E-state index contributed by atoms with van der Waals surface area (Å²) in [5, 5.41) is 28.2. The van der Waals surface area contributed by atoms with Crippen molar-refractivity contribution in [3.63, 3.8) is 0 Å². The van der Waals surface area contributed by atoms with Crippen molar-refractivity contribution < 1.29 is 29.7 Å². The van der Waals surface area contributed by atoms with E-state index in [2.05, 4.69) is 19.2 Å². The Hall–Kier alpha value is -1.63. The summed E-state index contributed by atoms with van der Waals surface area (Å²) in [4.78, 5) is 32.9. The minimum absolute atomic E-state index is 0.249. The number of hydrogen-bond acceptors (Lipinski definition) is 4. The van der Waals surface area contributed by atoms with Crippen LogP contribution in [0.25, 0.3) is 0 Å². The normalized spacial score (nSPS) is 11.4. The van der Waals surface area contributed by atoms with Gasteiger partial charge in [-0.3, -0.25) is 9.59 Å². The summed E-state index contributed by atoms with van der Waals surface area (Å²) in [6.45, 7) is 4.82. The predicted molar refractivity (Wildman–Crippen MR) is 143 cm³/mol. The van der Waals surface area contributed by atoms with Crippen LogP contribution in [0, 0.1) is 0 Å². The third kappa shape index (κ3) is 30.3. The second kappa shape index (κ2) is 28.6. The zero-order chi connectivity index (χ0) is 26.6. The number of rotatable bonds is 24. The fourth-order valence-electron chi connectivity index (χ4n) is 3.84. The van der Waals surface area contributed by atoms with Gasteiger partial charge in [0.05, 0.1) is 6.42 Å². The summed E-state index contributed by atoms with van der Waals surface area (Å²) >= 11 is 0. The van der Waals surface area contributed by atoms with Crippen molar-refractivity contribution in [1.29, 1.82) is 0 Å². The number of aliphatic hydroxyl groups excluding tert-OH is 1. The number of aliphatic hydroxyl groups is 1. The Balaban J connectivity index is 0. The van der Waals surface area contributed by atoms with Crippen LogP contribution < -0.4 is 5.32 Å². The highest BCUT2D eigenvalue weighted by Gasteiger charge is 2.22. The number of carbonyl (C=O) groups is 3. The first kappa shape index (κ1) is 35.5. The maximum absolute atomic E-state index is 11.6. The number of carboxylic acid groups (broad SMARTS) is 2. The van der Waals surface area contributed by atoms with Gasteiger partial charge in [0.25, 0.3) is 0 Å². The van der Waals surface area contributed by atoms with Crippen molar-refractivity contribution in [3.05, 3.63) is 0 Å². The molecule has 0 saturated heterocycles. The number of carbonyl (C=O) groups excluding carboxylic acids is 1. The molecule has 0 aliphatic rings. The Kier molecular flexibility index (Phi) is 29.0. The van der Waals surface area contributed by atoms with Gasteiger partial charge in [0.1, 0.15) is 6.04 Å². The average Bonchev–Trinajstić information content (AvgIpc) is 2.81. The van der Waals surface area contributed by atoms with Gasteiger partial charge in [-0.15, -0.1) is 0 Å². The highest BCUT2D eigenvalue weighted by atomic mass is 16.4. The maximum atomic E-state index is 11.6. The molecule has 0 rings (SSSR count). The topological polar surface area (TPSA) is 124 Å². The van der Waals surface area contributed by atoms with E-state index in [9.17, 15) is 14.4 Å². The van der Waals surface area contributed by atoms with Crippen LogP contribution in [0.5, 0.6) is 0 Å². The molecule has 0 fully saturated rings. The van der Waals surface area contributed by atoms with E-state index in [1.54, 1.807) is 0 Å². The molecule has 0 aromatic carbocycles. The first-order valence-corrected chi connectivity index (χ1v) is 14.2. The van der Waals surface area contributed by atoms with Gasteiger partial charge in [-0.25, -0.2) is 4.79 Å².